The van der Waals surface area contributed by atoms with Crippen LogP contribution < -0.4 is 0 Å². The minimum atomic E-state index is -2.03. The molecule has 6 heteroatoms. The Hall–Kier alpha value is 0.01000. The van der Waals surface area contributed by atoms with Gasteiger partial charge in [-0.3, -0.25) is 9.59 Å². The molecule has 3 nitrogen and oxygen atoms in total. The van der Waals surface area contributed by atoms with Gasteiger partial charge in [0.05, 0.1) is 7.11 Å². The lowest BCUT2D eigenvalue weighted by Gasteiger charge is -2.06. The molecule has 0 amide bonds. The highest BCUT2D eigenvalue weighted by atomic mass is 35.6. The van der Waals surface area contributed by atoms with Crippen molar-refractivity contribution in [1.82, 2.24) is 0 Å². The van der Waals surface area contributed by atoms with Gasteiger partial charge in [0.1, 0.15) is 6.42 Å². The highest BCUT2D eigenvalue weighted by molar-refractivity contribution is 6.76. The molecule has 0 aliphatic heterocycles. The number of carbonyl (C=O) groups is 2. The molecule has 0 radical (unpaired) electrons. The second-order valence-electron chi connectivity index (χ2n) is 1.67. The Labute approximate surface area is 78.5 Å². The van der Waals surface area contributed by atoms with E-state index < -0.39 is 22.0 Å². The molecule has 0 spiro atoms. The van der Waals surface area contributed by atoms with Crippen molar-refractivity contribution in [3.63, 3.8) is 0 Å². The molecular weight excluding hydrogens is 214 g/mol. The predicted molar refractivity (Wildman–Crippen MR) is 41.9 cm³/mol. The van der Waals surface area contributed by atoms with Crippen molar-refractivity contribution in [2.75, 3.05) is 7.11 Å². The molecular formula is C5H5Cl3O3. The first-order valence-corrected chi connectivity index (χ1v) is 3.68. The Morgan fingerprint density at radius 3 is 2.09 bits per heavy atom. The molecule has 0 atom stereocenters. The fourth-order valence-corrected chi connectivity index (χ4v) is 0.504. The quantitative estimate of drug-likeness (QED) is 0.401. The van der Waals surface area contributed by atoms with Crippen LogP contribution in [0.5, 0.6) is 0 Å². The number of esters is 1. The molecule has 0 unspecified atom stereocenters. The maximum Gasteiger partial charge on any atom is 0.313 e. The van der Waals surface area contributed by atoms with Crippen LogP contribution in [0.2, 0.25) is 0 Å². The van der Waals surface area contributed by atoms with Crippen LogP contribution in [-0.2, 0) is 14.3 Å². The number of alkyl halides is 3. The lowest BCUT2D eigenvalue weighted by molar-refractivity contribution is -0.143. The molecule has 0 N–H and O–H groups in total. The van der Waals surface area contributed by atoms with Crippen molar-refractivity contribution in [2.45, 2.75) is 10.2 Å². The molecule has 0 saturated heterocycles. The maximum absolute atomic E-state index is 10.7. The van der Waals surface area contributed by atoms with Gasteiger partial charge in [-0.25, -0.2) is 0 Å². The standard InChI is InChI=1S/C5H5Cl3O3/c1-11-4(10)2-3(9)5(6,7)8/h2H2,1H3. The van der Waals surface area contributed by atoms with E-state index in [4.69, 9.17) is 34.8 Å². The van der Waals surface area contributed by atoms with Crippen LogP contribution in [0.4, 0.5) is 0 Å². The van der Waals surface area contributed by atoms with E-state index in [-0.39, 0.29) is 0 Å². The molecule has 0 heterocycles. The van der Waals surface area contributed by atoms with Gasteiger partial charge >= 0.3 is 5.97 Å². The highest BCUT2D eigenvalue weighted by Crippen LogP contribution is 2.28. The number of hydrogen-bond acceptors (Lipinski definition) is 3. The predicted octanol–water partition coefficient (Wildman–Crippen LogP) is 1.49. The summed E-state index contributed by atoms with van der Waals surface area (Å²) in [6.07, 6.45) is -0.521. The zero-order chi connectivity index (χ0) is 9.07. The summed E-state index contributed by atoms with van der Waals surface area (Å²) in [7, 11) is 1.15. The minimum Gasteiger partial charge on any atom is -0.469 e. The molecule has 0 rings (SSSR count). The Balaban J connectivity index is 3.99. The van der Waals surface area contributed by atoms with E-state index in [2.05, 4.69) is 4.74 Å². The Bertz CT molecular complexity index is 172. The monoisotopic (exact) mass is 218 g/mol. The molecule has 0 aliphatic carbocycles. The fourth-order valence-electron chi connectivity index (χ4n) is 0.303. The Morgan fingerprint density at radius 1 is 1.36 bits per heavy atom. The number of rotatable bonds is 2. The fraction of sp³-hybridized carbons (Fsp3) is 0.600. The second kappa shape index (κ2) is 4.14. The Kier molecular flexibility index (Phi) is 4.14. The number of hydrogen-bond donors (Lipinski definition) is 0. The van der Waals surface area contributed by atoms with Crippen LogP contribution in [0.25, 0.3) is 0 Å². The van der Waals surface area contributed by atoms with Gasteiger partial charge in [0.15, 0.2) is 5.78 Å². The van der Waals surface area contributed by atoms with Crippen LogP contribution in [0.3, 0.4) is 0 Å². The molecule has 11 heavy (non-hydrogen) atoms. The zero-order valence-electron chi connectivity index (χ0n) is 5.57. The first-order valence-electron chi connectivity index (χ1n) is 2.54. The van der Waals surface area contributed by atoms with Gasteiger partial charge in [0, 0.05) is 0 Å². The van der Waals surface area contributed by atoms with E-state index >= 15 is 0 Å². The first-order chi connectivity index (χ1) is 4.88. The number of ether oxygens (including phenoxy) is 1. The van der Waals surface area contributed by atoms with Gasteiger partial charge in [-0.1, -0.05) is 34.8 Å². The number of ketones is 1. The number of carbonyl (C=O) groups excluding carboxylic acids is 2. The van der Waals surface area contributed by atoms with E-state index in [1.807, 2.05) is 0 Å². The average molecular weight is 219 g/mol. The summed E-state index contributed by atoms with van der Waals surface area (Å²) in [5, 5.41) is 0. The average Bonchev–Trinajstić information content (AvgIpc) is 1.85. The van der Waals surface area contributed by atoms with Crippen LogP contribution in [-0.4, -0.2) is 22.7 Å². The molecule has 0 aromatic heterocycles. The van der Waals surface area contributed by atoms with Crippen molar-refractivity contribution in [1.29, 1.82) is 0 Å². The van der Waals surface area contributed by atoms with Gasteiger partial charge in [-0.15, -0.1) is 0 Å². The van der Waals surface area contributed by atoms with Gasteiger partial charge in [-0.2, -0.15) is 0 Å². The third kappa shape index (κ3) is 4.45. The van der Waals surface area contributed by atoms with Crippen molar-refractivity contribution >= 4 is 46.6 Å². The summed E-state index contributed by atoms with van der Waals surface area (Å²) in [5.41, 5.74) is 0. The smallest absolute Gasteiger partial charge is 0.313 e. The molecule has 0 aromatic rings. The largest absolute Gasteiger partial charge is 0.469 e. The summed E-state index contributed by atoms with van der Waals surface area (Å²) in [5.74, 6) is -1.52. The molecule has 0 saturated carbocycles. The van der Waals surface area contributed by atoms with E-state index in [1.165, 1.54) is 0 Å². The normalized spacial score (nSPS) is 10.9. The van der Waals surface area contributed by atoms with Crippen molar-refractivity contribution < 1.29 is 14.3 Å². The third-order valence-corrected chi connectivity index (χ3v) is 1.48. The molecule has 0 bridgehead atoms. The lowest BCUT2D eigenvalue weighted by atomic mass is 10.3. The number of Topliss-reactive ketones (excluding diaryl/α,β-unsaturated/α-hetero) is 1. The van der Waals surface area contributed by atoms with Crippen LogP contribution in [0, 0.1) is 0 Å². The second-order valence-corrected chi connectivity index (χ2v) is 3.96. The van der Waals surface area contributed by atoms with Gasteiger partial charge < -0.3 is 4.74 Å². The number of halogens is 3. The van der Waals surface area contributed by atoms with E-state index in [9.17, 15) is 9.59 Å². The van der Waals surface area contributed by atoms with Crippen LogP contribution in [0.1, 0.15) is 6.42 Å². The van der Waals surface area contributed by atoms with Crippen molar-refractivity contribution in [3.05, 3.63) is 0 Å². The van der Waals surface area contributed by atoms with E-state index in [0.29, 0.717) is 0 Å². The van der Waals surface area contributed by atoms with Crippen LogP contribution >= 0.6 is 34.8 Å². The lowest BCUT2D eigenvalue weighted by Crippen LogP contribution is -2.22. The maximum atomic E-state index is 10.7. The first kappa shape index (κ1) is 11.0. The molecule has 0 aromatic carbocycles. The summed E-state index contributed by atoms with van der Waals surface area (Å²) in [6.45, 7) is 0. The van der Waals surface area contributed by atoms with Crippen molar-refractivity contribution in [2.24, 2.45) is 0 Å². The SMILES string of the molecule is COC(=O)CC(=O)C(Cl)(Cl)Cl. The van der Waals surface area contributed by atoms with Crippen molar-refractivity contribution in [3.8, 4) is 0 Å². The Morgan fingerprint density at radius 2 is 1.82 bits per heavy atom. The van der Waals surface area contributed by atoms with E-state index in [1.54, 1.807) is 0 Å². The summed E-state index contributed by atoms with van der Waals surface area (Å²) in [4.78, 5) is 21.2. The summed E-state index contributed by atoms with van der Waals surface area (Å²) >= 11 is 15.5. The number of methoxy groups -OCH3 is 1. The van der Waals surface area contributed by atoms with Gasteiger partial charge in [0.2, 0.25) is 3.79 Å². The summed E-state index contributed by atoms with van der Waals surface area (Å²) < 4.78 is 2.15. The molecule has 0 aliphatic rings. The van der Waals surface area contributed by atoms with Gasteiger partial charge in [0.25, 0.3) is 0 Å². The molecule has 64 valence electrons. The van der Waals surface area contributed by atoms with Crippen LogP contribution in [0.15, 0.2) is 0 Å². The topological polar surface area (TPSA) is 43.4 Å². The third-order valence-electron chi connectivity index (χ3n) is 0.849. The van der Waals surface area contributed by atoms with E-state index in [0.717, 1.165) is 7.11 Å². The van der Waals surface area contributed by atoms with Gasteiger partial charge in [-0.05, 0) is 0 Å². The minimum absolute atomic E-state index is 0.521. The highest BCUT2D eigenvalue weighted by Gasteiger charge is 2.31. The molecule has 0 fully saturated rings. The zero-order valence-corrected chi connectivity index (χ0v) is 7.83. The summed E-state index contributed by atoms with van der Waals surface area (Å²) in [6, 6.07) is 0.